The van der Waals surface area contributed by atoms with Gasteiger partial charge in [-0.3, -0.25) is 14.4 Å². The molecule has 0 heterocycles. The van der Waals surface area contributed by atoms with Crippen LogP contribution in [0.1, 0.15) is 226 Å². The fraction of sp³-hybridized carbons (Fsp3) is 0.567. The van der Waals surface area contributed by atoms with Crippen molar-refractivity contribution in [3.63, 3.8) is 0 Å². The summed E-state index contributed by atoms with van der Waals surface area (Å²) in [6, 6.07) is 0. The molecule has 0 amide bonds. The van der Waals surface area contributed by atoms with Crippen LogP contribution in [0.5, 0.6) is 0 Å². The summed E-state index contributed by atoms with van der Waals surface area (Å²) in [5, 5.41) is 0. The third kappa shape index (κ3) is 57.8. The molecule has 0 rings (SSSR count). The Hall–Kier alpha value is -4.97. The Morgan fingerprint density at radius 1 is 0.288 bits per heavy atom. The normalized spacial score (nSPS) is 13.3. The van der Waals surface area contributed by atoms with Crippen LogP contribution in [0.4, 0.5) is 0 Å². The highest BCUT2D eigenvalue weighted by molar-refractivity contribution is 5.71. The van der Waals surface area contributed by atoms with Crippen LogP contribution in [0, 0.1) is 0 Å². The molecule has 0 aliphatic carbocycles. The molecule has 6 heteroatoms. The summed E-state index contributed by atoms with van der Waals surface area (Å²) < 4.78 is 16.8. The molecule has 0 aliphatic rings. The van der Waals surface area contributed by atoms with E-state index in [9.17, 15) is 14.4 Å². The maximum absolute atomic E-state index is 12.8. The van der Waals surface area contributed by atoms with Crippen LogP contribution in [0.15, 0.2) is 158 Å². The maximum atomic E-state index is 12.8. The van der Waals surface area contributed by atoms with Crippen molar-refractivity contribution in [3.05, 3.63) is 158 Å². The lowest BCUT2D eigenvalue weighted by molar-refractivity contribution is -0.167. The van der Waals surface area contributed by atoms with Crippen molar-refractivity contribution in [3.8, 4) is 0 Å². The number of allylic oxidation sites excluding steroid dienone is 26. The number of unbranched alkanes of at least 4 members (excludes halogenated alkanes) is 13. The summed E-state index contributed by atoms with van der Waals surface area (Å²) in [5.41, 5.74) is 0. The number of hydrogen-bond donors (Lipinski definition) is 0. The van der Waals surface area contributed by atoms with Crippen LogP contribution >= 0.6 is 0 Å². The summed E-state index contributed by atoms with van der Waals surface area (Å²) in [7, 11) is 0. The van der Waals surface area contributed by atoms with Crippen LogP contribution in [-0.2, 0) is 28.6 Å². The highest BCUT2D eigenvalue weighted by Gasteiger charge is 2.19. The first-order chi connectivity index (χ1) is 36.0. The van der Waals surface area contributed by atoms with Crippen LogP contribution in [-0.4, -0.2) is 37.2 Å². The monoisotopic (exact) mass is 1000 g/mol. The van der Waals surface area contributed by atoms with Gasteiger partial charge in [0, 0.05) is 19.3 Å². The quantitative estimate of drug-likeness (QED) is 0.0261. The van der Waals surface area contributed by atoms with Gasteiger partial charge in [-0.1, -0.05) is 224 Å². The minimum absolute atomic E-state index is 0.113. The molecule has 0 aliphatic heterocycles. The number of ether oxygens (including phenoxy) is 3. The average Bonchev–Trinajstić information content (AvgIpc) is 3.39. The number of esters is 3. The molecule has 6 nitrogen and oxygen atoms in total. The molecule has 73 heavy (non-hydrogen) atoms. The smallest absolute Gasteiger partial charge is 0.306 e. The van der Waals surface area contributed by atoms with Crippen molar-refractivity contribution in [1.29, 1.82) is 0 Å². The standard InChI is InChI=1S/C67H104O6/c1-4-7-10-13-16-19-22-24-26-28-29-30-31-32-33-34-35-36-37-39-40-42-45-48-51-54-57-60-66(69)72-63-64(62-71-65(68)59-56-53-50-47-44-21-18-15-12-9-6-3)73-67(70)61-58-55-52-49-46-43-41-38-27-25-23-20-17-14-11-8-5-2/h7-8,10-11,15-20,24-27,29-30,32-33,35-36,39-41,43,45,48,64H,4-6,9,12-14,21-23,28,31,34,37-38,42,44,46-47,49-63H2,1-3H3/b10-7-,11-8-,18-15-,19-16-,20-17-,26-24-,27-25-,30-29-,33-32-,36-35-,40-39-,43-41-,48-45-. The van der Waals surface area contributed by atoms with Gasteiger partial charge in [-0.15, -0.1) is 0 Å². The molecule has 408 valence electrons. The summed E-state index contributed by atoms with van der Waals surface area (Å²) in [4.78, 5) is 38.1. The van der Waals surface area contributed by atoms with Gasteiger partial charge in [-0.2, -0.15) is 0 Å². The molecular formula is C67H104O6. The van der Waals surface area contributed by atoms with E-state index in [0.29, 0.717) is 12.8 Å². The second kappa shape index (κ2) is 59.6. The second-order valence-electron chi connectivity index (χ2n) is 18.4. The third-order valence-corrected chi connectivity index (χ3v) is 11.5. The molecule has 0 spiro atoms. The maximum Gasteiger partial charge on any atom is 0.306 e. The predicted octanol–water partition coefficient (Wildman–Crippen LogP) is 19.8. The molecule has 0 fully saturated rings. The van der Waals surface area contributed by atoms with Gasteiger partial charge in [0.25, 0.3) is 0 Å². The van der Waals surface area contributed by atoms with Crippen LogP contribution in [0.2, 0.25) is 0 Å². The van der Waals surface area contributed by atoms with Crippen molar-refractivity contribution < 1.29 is 28.6 Å². The molecule has 1 unspecified atom stereocenters. The SMILES string of the molecule is CC/C=C\C/C=C\C/C=C\C/C=C\C/C=C\C/C=C\C/C=C\C/C=C\CCCCC(=O)OCC(COC(=O)CCCCCCC/C=C\CCCC)OC(=O)CCCCCC/C=C\C/C=C\C/C=C\C/C=C\CC. The van der Waals surface area contributed by atoms with E-state index in [1.807, 2.05) is 0 Å². The molecule has 0 bridgehead atoms. The number of hydrogen-bond acceptors (Lipinski definition) is 6. The highest BCUT2D eigenvalue weighted by atomic mass is 16.6. The third-order valence-electron chi connectivity index (χ3n) is 11.5. The average molecular weight is 1010 g/mol. The molecule has 1 atom stereocenters. The predicted molar refractivity (Wildman–Crippen MR) is 315 cm³/mol. The van der Waals surface area contributed by atoms with Crippen molar-refractivity contribution in [2.45, 2.75) is 232 Å². The Kier molecular flexibility index (Phi) is 55.5. The Bertz CT molecular complexity index is 1670. The van der Waals surface area contributed by atoms with Gasteiger partial charge in [0.2, 0.25) is 0 Å². The summed E-state index contributed by atoms with van der Waals surface area (Å²) in [6.07, 6.45) is 86.7. The van der Waals surface area contributed by atoms with Gasteiger partial charge < -0.3 is 14.2 Å². The van der Waals surface area contributed by atoms with E-state index < -0.39 is 6.10 Å². The van der Waals surface area contributed by atoms with Gasteiger partial charge >= 0.3 is 17.9 Å². The van der Waals surface area contributed by atoms with Gasteiger partial charge in [-0.25, -0.2) is 0 Å². The molecule has 0 saturated carbocycles. The van der Waals surface area contributed by atoms with E-state index in [1.54, 1.807) is 0 Å². The van der Waals surface area contributed by atoms with Crippen molar-refractivity contribution in [2.75, 3.05) is 13.2 Å². The molecule has 0 aromatic heterocycles. The zero-order valence-electron chi connectivity index (χ0n) is 46.6. The van der Waals surface area contributed by atoms with Crippen LogP contribution < -0.4 is 0 Å². The molecule has 0 saturated heterocycles. The Labute approximate surface area is 448 Å². The molecule has 0 aromatic rings. The van der Waals surface area contributed by atoms with Gasteiger partial charge in [0.15, 0.2) is 6.10 Å². The lowest BCUT2D eigenvalue weighted by Gasteiger charge is -2.18. The van der Waals surface area contributed by atoms with Crippen molar-refractivity contribution >= 4 is 17.9 Å². The Balaban J connectivity index is 4.47. The summed E-state index contributed by atoms with van der Waals surface area (Å²) in [6.45, 7) is 6.29. The molecule has 0 N–H and O–H groups in total. The number of carbonyl (C=O) groups is 3. The number of carbonyl (C=O) groups excluding carboxylic acids is 3. The van der Waals surface area contributed by atoms with Gasteiger partial charge in [-0.05, 0) is 141 Å². The topological polar surface area (TPSA) is 78.9 Å². The minimum Gasteiger partial charge on any atom is -0.462 e. The molecule has 0 radical (unpaired) electrons. The first kappa shape index (κ1) is 68.0. The van der Waals surface area contributed by atoms with E-state index in [2.05, 4.69) is 179 Å². The van der Waals surface area contributed by atoms with Crippen molar-refractivity contribution in [1.82, 2.24) is 0 Å². The van der Waals surface area contributed by atoms with Crippen LogP contribution in [0.3, 0.4) is 0 Å². The first-order valence-corrected chi connectivity index (χ1v) is 29.0. The van der Waals surface area contributed by atoms with E-state index in [0.717, 1.165) is 154 Å². The molecule has 0 aromatic carbocycles. The zero-order valence-corrected chi connectivity index (χ0v) is 46.6. The zero-order chi connectivity index (χ0) is 52.9. The minimum atomic E-state index is -0.820. The van der Waals surface area contributed by atoms with E-state index in [1.165, 1.54) is 25.7 Å². The first-order valence-electron chi connectivity index (χ1n) is 29.0. The summed E-state index contributed by atoms with van der Waals surface area (Å²) in [5.74, 6) is -1.00. The Morgan fingerprint density at radius 2 is 0.534 bits per heavy atom. The fourth-order valence-corrected chi connectivity index (χ4v) is 7.19. The van der Waals surface area contributed by atoms with Crippen molar-refractivity contribution in [2.24, 2.45) is 0 Å². The second-order valence-corrected chi connectivity index (χ2v) is 18.4. The highest BCUT2D eigenvalue weighted by Crippen LogP contribution is 2.12. The van der Waals surface area contributed by atoms with E-state index in [4.69, 9.17) is 14.2 Å². The lowest BCUT2D eigenvalue weighted by Crippen LogP contribution is -2.30. The van der Waals surface area contributed by atoms with E-state index in [-0.39, 0.29) is 44.0 Å². The number of rotatable bonds is 50. The van der Waals surface area contributed by atoms with Gasteiger partial charge in [0.1, 0.15) is 13.2 Å². The largest absolute Gasteiger partial charge is 0.462 e. The molecular weight excluding hydrogens is 901 g/mol. The summed E-state index contributed by atoms with van der Waals surface area (Å²) >= 11 is 0. The van der Waals surface area contributed by atoms with Gasteiger partial charge in [0.05, 0.1) is 0 Å². The lowest BCUT2D eigenvalue weighted by atomic mass is 10.1. The van der Waals surface area contributed by atoms with E-state index >= 15 is 0 Å². The Morgan fingerprint density at radius 3 is 0.877 bits per heavy atom. The fourth-order valence-electron chi connectivity index (χ4n) is 7.19. The van der Waals surface area contributed by atoms with Crippen LogP contribution in [0.25, 0.3) is 0 Å².